The summed E-state index contributed by atoms with van der Waals surface area (Å²) in [6.45, 7) is 0.401. The molecule has 0 saturated heterocycles. The minimum atomic E-state index is -0.636. The van der Waals surface area contributed by atoms with Crippen LogP contribution in [0.25, 0.3) is 0 Å². The first-order chi connectivity index (χ1) is 5.74. The summed E-state index contributed by atoms with van der Waals surface area (Å²) in [5, 5.41) is 9.37. The Kier molecular flexibility index (Phi) is 3.13. The summed E-state index contributed by atoms with van der Waals surface area (Å²) in [4.78, 5) is 3.41. The second-order valence-corrected chi connectivity index (χ2v) is 2.51. The standard InChI is InChI=1S/C8H11FN2O/c9-8-2-1-6(5-11-8)7(12)3-4-10/h1-2,5,7,12H,3-4,10H2. The van der Waals surface area contributed by atoms with Crippen LogP contribution >= 0.6 is 0 Å². The van der Waals surface area contributed by atoms with Crippen LogP contribution in [0.3, 0.4) is 0 Å². The molecule has 1 atom stereocenters. The lowest BCUT2D eigenvalue weighted by molar-refractivity contribution is 0.169. The molecule has 66 valence electrons. The van der Waals surface area contributed by atoms with E-state index < -0.39 is 12.1 Å². The largest absolute Gasteiger partial charge is 0.388 e. The van der Waals surface area contributed by atoms with Crippen LogP contribution in [-0.4, -0.2) is 16.6 Å². The van der Waals surface area contributed by atoms with Gasteiger partial charge in [-0.2, -0.15) is 4.39 Å². The van der Waals surface area contributed by atoms with Gasteiger partial charge in [-0.05, 0) is 24.6 Å². The molecule has 0 aliphatic rings. The van der Waals surface area contributed by atoms with Crippen molar-refractivity contribution in [1.29, 1.82) is 0 Å². The molecule has 1 heterocycles. The molecule has 1 aromatic rings. The van der Waals surface area contributed by atoms with Crippen molar-refractivity contribution < 1.29 is 9.50 Å². The fourth-order valence-electron chi connectivity index (χ4n) is 0.909. The predicted molar refractivity (Wildman–Crippen MR) is 42.8 cm³/mol. The van der Waals surface area contributed by atoms with E-state index in [1.807, 2.05) is 0 Å². The van der Waals surface area contributed by atoms with Gasteiger partial charge in [0.25, 0.3) is 0 Å². The predicted octanol–water partition coefficient (Wildman–Crippen LogP) is 0.603. The summed E-state index contributed by atoms with van der Waals surface area (Å²) in [6.07, 6.45) is 1.14. The summed E-state index contributed by atoms with van der Waals surface area (Å²) in [5.41, 5.74) is 5.84. The van der Waals surface area contributed by atoms with Crippen LogP contribution in [0.5, 0.6) is 0 Å². The highest BCUT2D eigenvalue weighted by Crippen LogP contribution is 2.13. The third kappa shape index (κ3) is 2.25. The van der Waals surface area contributed by atoms with Gasteiger partial charge in [0.05, 0.1) is 6.10 Å². The first-order valence-corrected chi connectivity index (χ1v) is 3.73. The summed E-state index contributed by atoms with van der Waals surface area (Å²) < 4.78 is 12.3. The van der Waals surface area contributed by atoms with Crippen LogP contribution in [-0.2, 0) is 0 Å². The SMILES string of the molecule is NCCC(O)c1ccc(F)nc1. The molecule has 0 aliphatic heterocycles. The number of hydrogen-bond donors (Lipinski definition) is 2. The van der Waals surface area contributed by atoms with Crippen molar-refractivity contribution in [2.75, 3.05) is 6.54 Å². The Morgan fingerprint density at radius 2 is 2.33 bits per heavy atom. The van der Waals surface area contributed by atoms with Gasteiger partial charge in [0, 0.05) is 6.20 Å². The zero-order valence-corrected chi connectivity index (χ0v) is 6.57. The monoisotopic (exact) mass is 170 g/mol. The molecule has 0 saturated carbocycles. The number of aliphatic hydroxyl groups is 1. The van der Waals surface area contributed by atoms with E-state index in [9.17, 15) is 9.50 Å². The van der Waals surface area contributed by atoms with Gasteiger partial charge in [0.15, 0.2) is 0 Å². The van der Waals surface area contributed by atoms with Gasteiger partial charge in [0.2, 0.25) is 5.95 Å². The van der Waals surface area contributed by atoms with Crippen LogP contribution in [0.1, 0.15) is 18.1 Å². The highest BCUT2D eigenvalue weighted by atomic mass is 19.1. The van der Waals surface area contributed by atoms with Crippen molar-refractivity contribution in [3.63, 3.8) is 0 Å². The van der Waals surface area contributed by atoms with Gasteiger partial charge in [-0.3, -0.25) is 0 Å². The fourth-order valence-corrected chi connectivity index (χ4v) is 0.909. The molecular formula is C8H11FN2O. The van der Waals surface area contributed by atoms with E-state index in [1.54, 1.807) is 0 Å². The van der Waals surface area contributed by atoms with E-state index >= 15 is 0 Å². The average molecular weight is 170 g/mol. The van der Waals surface area contributed by atoms with E-state index in [2.05, 4.69) is 4.98 Å². The molecule has 1 aromatic heterocycles. The Balaban J connectivity index is 2.68. The van der Waals surface area contributed by atoms with E-state index in [4.69, 9.17) is 5.73 Å². The van der Waals surface area contributed by atoms with Gasteiger partial charge < -0.3 is 10.8 Å². The van der Waals surface area contributed by atoms with Crippen LogP contribution in [0.2, 0.25) is 0 Å². The molecule has 0 radical (unpaired) electrons. The number of halogens is 1. The Bertz CT molecular complexity index is 237. The zero-order valence-electron chi connectivity index (χ0n) is 6.57. The highest BCUT2D eigenvalue weighted by Gasteiger charge is 2.05. The Morgan fingerprint density at radius 3 is 2.83 bits per heavy atom. The van der Waals surface area contributed by atoms with Gasteiger partial charge in [-0.15, -0.1) is 0 Å². The molecule has 0 bridgehead atoms. The summed E-state index contributed by atoms with van der Waals surface area (Å²) in [7, 11) is 0. The van der Waals surface area contributed by atoms with Crippen LogP contribution in [0.4, 0.5) is 4.39 Å². The maximum Gasteiger partial charge on any atom is 0.212 e. The Labute approximate surface area is 70.0 Å². The zero-order chi connectivity index (χ0) is 8.97. The van der Waals surface area contributed by atoms with Crippen molar-refractivity contribution in [2.45, 2.75) is 12.5 Å². The van der Waals surface area contributed by atoms with Crippen molar-refractivity contribution in [1.82, 2.24) is 4.98 Å². The second-order valence-electron chi connectivity index (χ2n) is 2.51. The molecule has 3 N–H and O–H groups in total. The van der Waals surface area contributed by atoms with Gasteiger partial charge >= 0.3 is 0 Å². The quantitative estimate of drug-likeness (QED) is 0.653. The Morgan fingerprint density at radius 1 is 1.58 bits per heavy atom. The number of aromatic nitrogens is 1. The first kappa shape index (κ1) is 9.09. The molecular weight excluding hydrogens is 159 g/mol. The summed E-state index contributed by atoms with van der Waals surface area (Å²) >= 11 is 0. The van der Waals surface area contributed by atoms with Gasteiger partial charge in [-0.1, -0.05) is 6.07 Å². The van der Waals surface area contributed by atoms with E-state index in [0.717, 1.165) is 0 Å². The van der Waals surface area contributed by atoms with Crippen LogP contribution < -0.4 is 5.73 Å². The lowest BCUT2D eigenvalue weighted by atomic mass is 10.1. The molecule has 0 amide bonds. The molecule has 12 heavy (non-hydrogen) atoms. The minimum absolute atomic E-state index is 0.401. The number of nitrogens with zero attached hydrogens (tertiary/aromatic N) is 1. The maximum absolute atomic E-state index is 12.3. The maximum atomic E-state index is 12.3. The average Bonchev–Trinajstić information content (AvgIpc) is 2.06. The van der Waals surface area contributed by atoms with Crippen LogP contribution in [0.15, 0.2) is 18.3 Å². The van der Waals surface area contributed by atoms with Gasteiger partial charge in [-0.25, -0.2) is 4.98 Å². The van der Waals surface area contributed by atoms with Crippen molar-refractivity contribution in [2.24, 2.45) is 5.73 Å². The summed E-state index contributed by atoms with van der Waals surface area (Å²) in [5.74, 6) is -0.543. The molecule has 1 unspecified atom stereocenters. The Hall–Kier alpha value is -1.00. The highest BCUT2D eigenvalue weighted by molar-refractivity contribution is 5.12. The third-order valence-electron chi connectivity index (χ3n) is 1.58. The lowest BCUT2D eigenvalue weighted by Gasteiger charge is -2.07. The smallest absolute Gasteiger partial charge is 0.212 e. The second kappa shape index (κ2) is 4.13. The number of rotatable bonds is 3. The molecule has 0 aromatic carbocycles. The molecule has 4 heteroatoms. The lowest BCUT2D eigenvalue weighted by Crippen LogP contribution is -2.06. The third-order valence-corrected chi connectivity index (χ3v) is 1.58. The number of aliphatic hydroxyl groups excluding tert-OH is 1. The van der Waals surface area contributed by atoms with Crippen molar-refractivity contribution in [3.05, 3.63) is 29.8 Å². The summed E-state index contributed by atoms with van der Waals surface area (Å²) in [6, 6.07) is 2.72. The van der Waals surface area contributed by atoms with Gasteiger partial charge in [0.1, 0.15) is 0 Å². The molecule has 0 aliphatic carbocycles. The van der Waals surface area contributed by atoms with E-state index in [1.165, 1.54) is 18.3 Å². The van der Waals surface area contributed by atoms with E-state index in [0.29, 0.717) is 18.5 Å². The number of pyridine rings is 1. The molecule has 0 spiro atoms. The molecule has 1 rings (SSSR count). The normalized spacial score (nSPS) is 12.9. The number of hydrogen-bond acceptors (Lipinski definition) is 3. The fraction of sp³-hybridized carbons (Fsp3) is 0.375. The minimum Gasteiger partial charge on any atom is -0.388 e. The topological polar surface area (TPSA) is 59.1 Å². The molecule has 3 nitrogen and oxygen atoms in total. The van der Waals surface area contributed by atoms with Crippen LogP contribution in [0, 0.1) is 5.95 Å². The number of nitrogens with two attached hydrogens (primary N) is 1. The van der Waals surface area contributed by atoms with E-state index in [-0.39, 0.29) is 0 Å². The molecule has 0 fully saturated rings. The van der Waals surface area contributed by atoms with Crippen molar-refractivity contribution >= 4 is 0 Å². The first-order valence-electron chi connectivity index (χ1n) is 3.73. The van der Waals surface area contributed by atoms with Crippen molar-refractivity contribution in [3.8, 4) is 0 Å².